The van der Waals surface area contributed by atoms with Crippen molar-refractivity contribution in [1.29, 1.82) is 0 Å². The standard InChI is InChI=1S/C14H19F3N4O3/c15-14(16,17)13(5-3-1-2-4-6-13)9-18-12(24)10-7-21(20-19-10)8-11(22)23/h7H,1-6,8-9H2,(H,18,24)(H,22,23). The van der Waals surface area contributed by atoms with Crippen molar-refractivity contribution in [1.82, 2.24) is 20.3 Å². The maximum Gasteiger partial charge on any atom is 0.396 e. The van der Waals surface area contributed by atoms with Crippen LogP contribution in [0.1, 0.15) is 49.0 Å². The van der Waals surface area contributed by atoms with E-state index in [9.17, 15) is 22.8 Å². The minimum Gasteiger partial charge on any atom is -0.480 e. The summed E-state index contributed by atoms with van der Waals surface area (Å²) in [4.78, 5) is 22.6. The topological polar surface area (TPSA) is 97.1 Å². The van der Waals surface area contributed by atoms with Crippen molar-refractivity contribution in [3.05, 3.63) is 11.9 Å². The van der Waals surface area contributed by atoms with E-state index in [-0.39, 0.29) is 18.5 Å². The third-order valence-electron chi connectivity index (χ3n) is 4.32. The Balaban J connectivity index is 2.04. The van der Waals surface area contributed by atoms with Gasteiger partial charge in [0.15, 0.2) is 5.69 Å². The average molecular weight is 348 g/mol. The van der Waals surface area contributed by atoms with Gasteiger partial charge in [0.25, 0.3) is 5.91 Å². The lowest BCUT2D eigenvalue weighted by atomic mass is 9.79. The molecule has 0 aliphatic heterocycles. The Morgan fingerprint density at radius 1 is 1.25 bits per heavy atom. The lowest BCUT2D eigenvalue weighted by molar-refractivity contribution is -0.226. The fourth-order valence-corrected chi connectivity index (χ4v) is 2.92. The minimum atomic E-state index is -4.40. The van der Waals surface area contributed by atoms with Crippen molar-refractivity contribution in [3.8, 4) is 0 Å². The fourth-order valence-electron chi connectivity index (χ4n) is 2.92. The van der Waals surface area contributed by atoms with E-state index >= 15 is 0 Å². The monoisotopic (exact) mass is 348 g/mol. The summed E-state index contributed by atoms with van der Waals surface area (Å²) >= 11 is 0. The van der Waals surface area contributed by atoms with Crippen LogP contribution in [-0.2, 0) is 11.3 Å². The number of hydrogen-bond acceptors (Lipinski definition) is 4. The fraction of sp³-hybridized carbons (Fsp3) is 0.714. The molecule has 0 bridgehead atoms. The highest BCUT2D eigenvalue weighted by molar-refractivity contribution is 5.91. The van der Waals surface area contributed by atoms with E-state index in [0.717, 1.165) is 23.7 Å². The number of carbonyl (C=O) groups is 2. The average Bonchev–Trinajstić information content (AvgIpc) is 2.79. The van der Waals surface area contributed by atoms with E-state index in [4.69, 9.17) is 5.11 Å². The van der Waals surface area contributed by atoms with Gasteiger partial charge in [0.05, 0.1) is 11.6 Å². The van der Waals surface area contributed by atoms with Gasteiger partial charge < -0.3 is 10.4 Å². The molecule has 2 rings (SSSR count). The van der Waals surface area contributed by atoms with E-state index in [0.29, 0.717) is 12.8 Å². The maximum atomic E-state index is 13.5. The summed E-state index contributed by atoms with van der Waals surface area (Å²) in [5.74, 6) is -1.96. The molecular weight excluding hydrogens is 329 g/mol. The first-order valence-electron chi connectivity index (χ1n) is 7.70. The highest BCUT2D eigenvalue weighted by Gasteiger charge is 2.54. The molecule has 1 amide bonds. The molecule has 0 aromatic carbocycles. The summed E-state index contributed by atoms with van der Waals surface area (Å²) in [7, 11) is 0. The van der Waals surface area contributed by atoms with Crippen molar-refractivity contribution in [3.63, 3.8) is 0 Å². The number of aromatic nitrogens is 3. The number of hydrogen-bond donors (Lipinski definition) is 2. The molecule has 1 fully saturated rings. The number of nitrogens with zero attached hydrogens (tertiary/aromatic N) is 3. The van der Waals surface area contributed by atoms with Crippen LogP contribution >= 0.6 is 0 Å². The molecule has 0 saturated heterocycles. The van der Waals surface area contributed by atoms with E-state index < -0.39 is 36.6 Å². The SMILES string of the molecule is O=C(O)Cn1cc(C(=O)NCC2(C(F)(F)F)CCCCCC2)nn1. The van der Waals surface area contributed by atoms with Gasteiger partial charge in [-0.25, -0.2) is 4.68 Å². The molecule has 0 atom stereocenters. The number of aliphatic carboxylic acids is 1. The number of alkyl halides is 3. The van der Waals surface area contributed by atoms with Crippen LogP contribution in [0.2, 0.25) is 0 Å². The highest BCUT2D eigenvalue weighted by atomic mass is 19.4. The van der Waals surface area contributed by atoms with Crippen molar-refractivity contribution >= 4 is 11.9 Å². The Labute approximate surface area is 136 Å². The predicted molar refractivity (Wildman–Crippen MR) is 76.2 cm³/mol. The molecule has 0 unspecified atom stereocenters. The van der Waals surface area contributed by atoms with E-state index in [2.05, 4.69) is 15.6 Å². The van der Waals surface area contributed by atoms with Gasteiger partial charge in [-0.1, -0.05) is 30.9 Å². The largest absolute Gasteiger partial charge is 0.480 e. The van der Waals surface area contributed by atoms with Crippen LogP contribution in [0, 0.1) is 5.41 Å². The van der Waals surface area contributed by atoms with Gasteiger partial charge in [-0.2, -0.15) is 13.2 Å². The second-order valence-corrected chi connectivity index (χ2v) is 6.07. The Kier molecular flexibility index (Phi) is 5.45. The van der Waals surface area contributed by atoms with Gasteiger partial charge in [0, 0.05) is 6.54 Å². The lowest BCUT2D eigenvalue weighted by Crippen LogP contribution is -2.47. The number of carboxylic acid groups (broad SMARTS) is 1. The van der Waals surface area contributed by atoms with Crippen molar-refractivity contribution in [2.75, 3.05) is 6.54 Å². The maximum absolute atomic E-state index is 13.5. The molecule has 1 aliphatic carbocycles. The zero-order valence-corrected chi connectivity index (χ0v) is 13.0. The zero-order chi connectivity index (χ0) is 17.8. The normalized spacial score (nSPS) is 18.0. The summed E-state index contributed by atoms with van der Waals surface area (Å²) < 4.78 is 41.5. The molecule has 1 aliphatic rings. The summed E-state index contributed by atoms with van der Waals surface area (Å²) in [5.41, 5.74) is -2.13. The van der Waals surface area contributed by atoms with Gasteiger partial charge in [-0.3, -0.25) is 9.59 Å². The smallest absolute Gasteiger partial charge is 0.396 e. The van der Waals surface area contributed by atoms with Gasteiger partial charge in [0.1, 0.15) is 6.54 Å². The molecule has 1 heterocycles. The van der Waals surface area contributed by atoms with Crippen LogP contribution in [0.15, 0.2) is 6.20 Å². The van der Waals surface area contributed by atoms with Gasteiger partial charge in [-0.15, -0.1) is 5.10 Å². The highest BCUT2D eigenvalue weighted by Crippen LogP contribution is 2.47. The quantitative estimate of drug-likeness (QED) is 0.793. The molecule has 10 heteroatoms. The molecule has 1 saturated carbocycles. The molecule has 134 valence electrons. The Morgan fingerprint density at radius 2 is 1.88 bits per heavy atom. The first-order chi connectivity index (χ1) is 11.2. The summed E-state index contributed by atoms with van der Waals surface area (Å²) in [6, 6.07) is 0. The Bertz CT molecular complexity index is 592. The van der Waals surface area contributed by atoms with Crippen LogP contribution in [0.3, 0.4) is 0 Å². The number of rotatable bonds is 5. The number of nitrogens with one attached hydrogen (secondary N) is 1. The molecule has 0 spiro atoms. The number of carbonyl (C=O) groups excluding carboxylic acids is 1. The van der Waals surface area contributed by atoms with Crippen LogP contribution in [-0.4, -0.2) is 44.7 Å². The second kappa shape index (κ2) is 7.18. The molecule has 1 aromatic rings. The van der Waals surface area contributed by atoms with Crippen molar-refractivity contribution < 1.29 is 27.9 Å². The summed E-state index contributed by atoms with van der Waals surface area (Å²) in [5, 5.41) is 17.9. The van der Waals surface area contributed by atoms with Crippen LogP contribution in [0.5, 0.6) is 0 Å². The Hall–Kier alpha value is -2.13. The van der Waals surface area contributed by atoms with Crippen LogP contribution < -0.4 is 5.32 Å². The summed E-state index contributed by atoms with van der Waals surface area (Å²) in [6.07, 6.45) is -0.855. The molecule has 1 aromatic heterocycles. The third-order valence-corrected chi connectivity index (χ3v) is 4.32. The van der Waals surface area contributed by atoms with E-state index in [1.165, 1.54) is 0 Å². The number of carboxylic acids is 1. The first-order valence-corrected chi connectivity index (χ1v) is 7.70. The molecule has 24 heavy (non-hydrogen) atoms. The molecule has 2 N–H and O–H groups in total. The summed E-state index contributed by atoms with van der Waals surface area (Å²) in [6.45, 7) is -0.992. The molecular formula is C14H19F3N4O3. The molecule has 7 nitrogen and oxygen atoms in total. The van der Waals surface area contributed by atoms with Crippen LogP contribution in [0.25, 0.3) is 0 Å². The number of halogens is 3. The third kappa shape index (κ3) is 4.24. The lowest BCUT2D eigenvalue weighted by Gasteiger charge is -2.35. The zero-order valence-electron chi connectivity index (χ0n) is 13.0. The van der Waals surface area contributed by atoms with Gasteiger partial charge >= 0.3 is 12.1 Å². The second-order valence-electron chi connectivity index (χ2n) is 6.07. The van der Waals surface area contributed by atoms with E-state index in [1.54, 1.807) is 0 Å². The van der Waals surface area contributed by atoms with Crippen LogP contribution in [0.4, 0.5) is 13.2 Å². The Morgan fingerprint density at radius 3 is 2.42 bits per heavy atom. The van der Waals surface area contributed by atoms with E-state index in [1.807, 2.05) is 0 Å². The minimum absolute atomic E-state index is 0.0114. The van der Waals surface area contributed by atoms with Gasteiger partial charge in [-0.05, 0) is 12.8 Å². The number of amides is 1. The van der Waals surface area contributed by atoms with Crippen molar-refractivity contribution in [2.45, 2.75) is 51.2 Å². The molecule has 0 radical (unpaired) electrons. The van der Waals surface area contributed by atoms with Crippen molar-refractivity contribution in [2.24, 2.45) is 5.41 Å². The predicted octanol–water partition coefficient (Wildman–Crippen LogP) is 2.00. The van der Waals surface area contributed by atoms with Gasteiger partial charge in [0.2, 0.25) is 0 Å². The first kappa shape index (κ1) is 18.2.